The molecule has 1 fully saturated rings. The normalized spacial score (nSPS) is 16.5. The molecule has 102 valence electrons. The van der Waals surface area contributed by atoms with Crippen molar-refractivity contribution in [2.24, 2.45) is 11.5 Å². The van der Waals surface area contributed by atoms with Crippen molar-refractivity contribution in [1.82, 2.24) is 0 Å². The fourth-order valence-corrected chi connectivity index (χ4v) is 2.12. The van der Waals surface area contributed by atoms with Gasteiger partial charge in [0.1, 0.15) is 5.82 Å². The summed E-state index contributed by atoms with van der Waals surface area (Å²) in [6.45, 7) is 0. The Morgan fingerprint density at radius 1 is 1.37 bits per heavy atom. The third-order valence-electron chi connectivity index (χ3n) is 3.38. The second kappa shape index (κ2) is 4.97. The summed E-state index contributed by atoms with van der Waals surface area (Å²) in [4.78, 5) is 22.8. The molecule has 0 radical (unpaired) electrons. The number of benzene rings is 1. The van der Waals surface area contributed by atoms with Gasteiger partial charge in [0.25, 0.3) is 5.91 Å². The van der Waals surface area contributed by atoms with Crippen molar-refractivity contribution in [3.63, 3.8) is 0 Å². The van der Waals surface area contributed by atoms with E-state index in [9.17, 15) is 14.0 Å². The van der Waals surface area contributed by atoms with Crippen molar-refractivity contribution in [3.8, 4) is 0 Å². The zero-order valence-corrected chi connectivity index (χ0v) is 10.4. The summed E-state index contributed by atoms with van der Waals surface area (Å²) in [5.41, 5.74) is 10.7. The van der Waals surface area contributed by atoms with Crippen molar-refractivity contribution in [1.29, 1.82) is 0 Å². The number of carbonyl (C=O) groups excluding carboxylic acids is 2. The summed E-state index contributed by atoms with van der Waals surface area (Å²) in [6, 6.07) is 3.69. The fraction of sp³-hybridized carbons (Fsp3) is 0.385. The minimum atomic E-state index is -0.872. The van der Waals surface area contributed by atoms with Crippen molar-refractivity contribution < 1.29 is 14.0 Å². The number of nitrogens with two attached hydrogens (primary N) is 2. The van der Waals surface area contributed by atoms with E-state index in [2.05, 4.69) is 5.32 Å². The van der Waals surface area contributed by atoms with Crippen molar-refractivity contribution in [2.45, 2.75) is 31.2 Å². The Morgan fingerprint density at radius 2 is 2.05 bits per heavy atom. The van der Waals surface area contributed by atoms with Gasteiger partial charge in [0.2, 0.25) is 5.91 Å². The third-order valence-corrected chi connectivity index (χ3v) is 3.38. The molecule has 1 aliphatic rings. The number of primary amides is 1. The predicted molar refractivity (Wildman–Crippen MR) is 68.9 cm³/mol. The van der Waals surface area contributed by atoms with Gasteiger partial charge in [0.15, 0.2) is 0 Å². The van der Waals surface area contributed by atoms with Gasteiger partial charge >= 0.3 is 0 Å². The van der Waals surface area contributed by atoms with Crippen LogP contribution in [0.5, 0.6) is 0 Å². The van der Waals surface area contributed by atoms with Gasteiger partial charge in [0.05, 0.1) is 5.56 Å². The summed E-state index contributed by atoms with van der Waals surface area (Å²) in [6.07, 6.45) is 2.91. The Hall–Kier alpha value is -1.95. The van der Waals surface area contributed by atoms with Crippen molar-refractivity contribution >= 4 is 17.5 Å². The maximum absolute atomic E-state index is 13.3. The van der Waals surface area contributed by atoms with Crippen LogP contribution in [0.2, 0.25) is 0 Å². The van der Waals surface area contributed by atoms with Gasteiger partial charge in [-0.25, -0.2) is 4.39 Å². The van der Waals surface area contributed by atoms with Gasteiger partial charge in [-0.3, -0.25) is 9.59 Å². The Kier molecular flexibility index (Phi) is 3.53. The highest BCUT2D eigenvalue weighted by molar-refractivity contribution is 5.96. The number of hydrogen-bond acceptors (Lipinski definition) is 3. The summed E-state index contributed by atoms with van der Waals surface area (Å²) in [5, 5.41) is 2.60. The Labute approximate surface area is 110 Å². The summed E-state index contributed by atoms with van der Waals surface area (Å²) < 4.78 is 13.3. The van der Waals surface area contributed by atoms with Gasteiger partial charge < -0.3 is 16.8 Å². The molecule has 6 heteroatoms. The quantitative estimate of drug-likeness (QED) is 0.761. The van der Waals surface area contributed by atoms with Crippen LogP contribution in [0.25, 0.3) is 0 Å². The molecule has 0 heterocycles. The number of rotatable bonds is 4. The highest BCUT2D eigenvalue weighted by Gasteiger charge is 2.34. The molecule has 5 nitrogen and oxygen atoms in total. The van der Waals surface area contributed by atoms with E-state index >= 15 is 0 Å². The van der Waals surface area contributed by atoms with Crippen LogP contribution < -0.4 is 16.8 Å². The van der Waals surface area contributed by atoms with E-state index in [4.69, 9.17) is 11.5 Å². The number of nitrogens with one attached hydrogen (secondary N) is 1. The van der Waals surface area contributed by atoms with E-state index in [-0.39, 0.29) is 17.9 Å². The molecule has 0 spiro atoms. The van der Waals surface area contributed by atoms with Crippen molar-refractivity contribution in [3.05, 3.63) is 29.6 Å². The molecule has 0 bridgehead atoms. The zero-order chi connectivity index (χ0) is 14.0. The second-order valence-corrected chi connectivity index (χ2v) is 5.00. The molecule has 1 aliphatic carbocycles. The second-order valence-electron chi connectivity index (χ2n) is 5.00. The monoisotopic (exact) mass is 265 g/mol. The molecule has 0 aromatic heterocycles. The first kappa shape index (κ1) is 13.5. The van der Waals surface area contributed by atoms with Gasteiger partial charge in [-0.1, -0.05) is 0 Å². The Morgan fingerprint density at radius 3 is 2.58 bits per heavy atom. The molecule has 1 aromatic carbocycles. The number of amides is 2. The maximum Gasteiger partial charge on any atom is 0.251 e. The van der Waals surface area contributed by atoms with Crippen LogP contribution in [0.4, 0.5) is 10.1 Å². The lowest BCUT2D eigenvalue weighted by molar-refractivity contribution is -0.118. The molecule has 5 N–H and O–H groups in total. The SMILES string of the molecule is NC(=O)c1cc(NC(=O)CC2(N)CCC2)ccc1F. The molecule has 0 aliphatic heterocycles. The maximum atomic E-state index is 13.3. The van der Waals surface area contributed by atoms with E-state index in [1.54, 1.807) is 0 Å². The van der Waals surface area contributed by atoms with Gasteiger partial charge in [0, 0.05) is 17.6 Å². The average molecular weight is 265 g/mol. The molecular formula is C13H16FN3O2. The van der Waals surface area contributed by atoms with Crippen LogP contribution in [0.3, 0.4) is 0 Å². The lowest BCUT2D eigenvalue weighted by Crippen LogP contribution is -2.48. The summed E-state index contributed by atoms with van der Waals surface area (Å²) in [7, 11) is 0. The van der Waals surface area contributed by atoms with Crippen LogP contribution in [0, 0.1) is 5.82 Å². The van der Waals surface area contributed by atoms with E-state index in [1.807, 2.05) is 0 Å². The summed E-state index contributed by atoms with van der Waals surface area (Å²) >= 11 is 0. The predicted octanol–water partition coefficient (Wildman–Crippen LogP) is 1.13. The minimum Gasteiger partial charge on any atom is -0.366 e. The van der Waals surface area contributed by atoms with Gasteiger partial charge in [-0.05, 0) is 37.5 Å². The Bertz CT molecular complexity index is 527. The number of halogens is 1. The highest BCUT2D eigenvalue weighted by Crippen LogP contribution is 2.32. The lowest BCUT2D eigenvalue weighted by atomic mass is 9.75. The molecule has 2 amide bonds. The van der Waals surface area contributed by atoms with E-state index in [0.29, 0.717) is 5.69 Å². The topological polar surface area (TPSA) is 98.2 Å². The minimum absolute atomic E-state index is 0.219. The molecular weight excluding hydrogens is 249 g/mol. The average Bonchev–Trinajstić information content (AvgIpc) is 2.29. The highest BCUT2D eigenvalue weighted by atomic mass is 19.1. The molecule has 2 rings (SSSR count). The van der Waals surface area contributed by atoms with Gasteiger partial charge in [-0.2, -0.15) is 0 Å². The zero-order valence-electron chi connectivity index (χ0n) is 10.4. The van der Waals surface area contributed by atoms with Crippen LogP contribution in [0.1, 0.15) is 36.0 Å². The number of hydrogen-bond donors (Lipinski definition) is 3. The molecule has 19 heavy (non-hydrogen) atoms. The number of carbonyl (C=O) groups is 2. The Balaban J connectivity index is 2.04. The smallest absolute Gasteiger partial charge is 0.251 e. The fourth-order valence-electron chi connectivity index (χ4n) is 2.12. The lowest BCUT2D eigenvalue weighted by Gasteiger charge is -2.37. The van der Waals surface area contributed by atoms with E-state index in [0.717, 1.165) is 25.3 Å². The van der Waals surface area contributed by atoms with Crippen LogP contribution in [0.15, 0.2) is 18.2 Å². The van der Waals surface area contributed by atoms with Crippen molar-refractivity contribution in [2.75, 3.05) is 5.32 Å². The van der Waals surface area contributed by atoms with E-state index < -0.39 is 17.3 Å². The largest absolute Gasteiger partial charge is 0.366 e. The first-order valence-corrected chi connectivity index (χ1v) is 6.08. The molecule has 0 saturated heterocycles. The standard InChI is InChI=1S/C13H16FN3O2/c14-10-3-2-8(6-9(10)12(15)19)17-11(18)7-13(16)4-1-5-13/h2-3,6H,1,4-5,7,16H2,(H2,15,19)(H,17,18). The molecule has 0 unspecified atom stereocenters. The molecule has 0 atom stereocenters. The third kappa shape index (κ3) is 3.08. The molecule has 1 aromatic rings. The van der Waals surface area contributed by atoms with Crippen LogP contribution in [-0.2, 0) is 4.79 Å². The van der Waals surface area contributed by atoms with E-state index in [1.165, 1.54) is 12.1 Å². The number of anilines is 1. The summed E-state index contributed by atoms with van der Waals surface area (Å²) in [5.74, 6) is -1.83. The first-order chi connectivity index (χ1) is 8.89. The van der Waals surface area contributed by atoms with Crippen LogP contribution in [-0.4, -0.2) is 17.4 Å². The van der Waals surface area contributed by atoms with Gasteiger partial charge in [-0.15, -0.1) is 0 Å². The molecule has 1 saturated carbocycles. The van der Waals surface area contributed by atoms with Crippen LogP contribution >= 0.6 is 0 Å². The first-order valence-electron chi connectivity index (χ1n) is 6.08.